The van der Waals surface area contributed by atoms with Crippen LogP contribution in [0.1, 0.15) is 37.4 Å². The van der Waals surface area contributed by atoms with E-state index in [4.69, 9.17) is 0 Å². The third-order valence-electron chi connectivity index (χ3n) is 4.79. The summed E-state index contributed by atoms with van der Waals surface area (Å²) in [4.78, 5) is 14.6. The van der Waals surface area contributed by atoms with Crippen LogP contribution in [0.3, 0.4) is 0 Å². The van der Waals surface area contributed by atoms with Crippen LogP contribution in [0.4, 0.5) is 14.5 Å². The average Bonchev–Trinajstić information content (AvgIpc) is 2.57. The SMILES string of the molecule is C[C@@H]1CCc2ccccc2N1CC(=O)N[C@H](C)c1ccc(F)cc1F. The predicted molar refractivity (Wildman–Crippen MR) is 94.5 cm³/mol. The van der Waals surface area contributed by atoms with Gasteiger partial charge in [-0.1, -0.05) is 24.3 Å². The van der Waals surface area contributed by atoms with Crippen LogP contribution in [0.5, 0.6) is 0 Å². The van der Waals surface area contributed by atoms with Gasteiger partial charge in [0.05, 0.1) is 12.6 Å². The Balaban J connectivity index is 1.70. The number of nitrogens with zero attached hydrogens (tertiary/aromatic N) is 1. The van der Waals surface area contributed by atoms with Crippen LogP contribution in [0, 0.1) is 11.6 Å². The van der Waals surface area contributed by atoms with E-state index in [0.717, 1.165) is 24.6 Å². The third-order valence-corrected chi connectivity index (χ3v) is 4.79. The van der Waals surface area contributed by atoms with E-state index in [1.54, 1.807) is 6.92 Å². The van der Waals surface area contributed by atoms with Crippen molar-refractivity contribution in [1.82, 2.24) is 5.32 Å². The van der Waals surface area contributed by atoms with Crippen molar-refractivity contribution in [2.45, 2.75) is 38.8 Å². The number of carbonyl (C=O) groups is 1. The monoisotopic (exact) mass is 344 g/mol. The number of nitrogens with one attached hydrogen (secondary N) is 1. The number of rotatable bonds is 4. The van der Waals surface area contributed by atoms with E-state index in [2.05, 4.69) is 23.2 Å². The smallest absolute Gasteiger partial charge is 0.240 e. The van der Waals surface area contributed by atoms with Gasteiger partial charge >= 0.3 is 0 Å². The molecule has 0 radical (unpaired) electrons. The van der Waals surface area contributed by atoms with E-state index in [9.17, 15) is 13.6 Å². The van der Waals surface area contributed by atoms with E-state index in [1.807, 2.05) is 18.2 Å². The summed E-state index contributed by atoms with van der Waals surface area (Å²) in [6, 6.07) is 11.2. The van der Waals surface area contributed by atoms with Gasteiger partial charge in [0.1, 0.15) is 11.6 Å². The Morgan fingerprint density at radius 3 is 2.80 bits per heavy atom. The minimum Gasteiger partial charge on any atom is -0.359 e. The molecule has 0 fully saturated rings. The molecule has 2 aromatic carbocycles. The lowest BCUT2D eigenvalue weighted by Gasteiger charge is -2.36. The van der Waals surface area contributed by atoms with Crippen molar-refractivity contribution < 1.29 is 13.6 Å². The highest BCUT2D eigenvalue weighted by atomic mass is 19.1. The van der Waals surface area contributed by atoms with Crippen LogP contribution in [-0.4, -0.2) is 18.5 Å². The van der Waals surface area contributed by atoms with Crippen molar-refractivity contribution in [3.05, 3.63) is 65.2 Å². The maximum atomic E-state index is 13.9. The van der Waals surface area contributed by atoms with Crippen molar-refractivity contribution >= 4 is 11.6 Å². The number of hydrogen-bond donors (Lipinski definition) is 1. The fourth-order valence-electron chi connectivity index (χ4n) is 3.37. The molecule has 5 heteroatoms. The Morgan fingerprint density at radius 1 is 1.28 bits per heavy atom. The Hall–Kier alpha value is -2.43. The molecule has 3 rings (SSSR count). The second-order valence-corrected chi connectivity index (χ2v) is 6.60. The van der Waals surface area contributed by atoms with Gasteiger partial charge in [0.2, 0.25) is 5.91 Å². The van der Waals surface area contributed by atoms with Crippen LogP contribution in [0.25, 0.3) is 0 Å². The summed E-state index contributed by atoms with van der Waals surface area (Å²) < 4.78 is 26.9. The van der Waals surface area contributed by atoms with Gasteiger partial charge in [-0.15, -0.1) is 0 Å². The summed E-state index contributed by atoms with van der Waals surface area (Å²) in [5.74, 6) is -1.46. The first-order valence-corrected chi connectivity index (χ1v) is 8.54. The molecule has 1 heterocycles. The zero-order chi connectivity index (χ0) is 18.0. The van der Waals surface area contributed by atoms with E-state index < -0.39 is 17.7 Å². The second kappa shape index (κ2) is 7.21. The van der Waals surface area contributed by atoms with Crippen LogP contribution >= 0.6 is 0 Å². The molecule has 0 aliphatic carbocycles. The lowest BCUT2D eigenvalue weighted by Crippen LogP contribution is -2.45. The highest BCUT2D eigenvalue weighted by molar-refractivity contribution is 5.82. The lowest BCUT2D eigenvalue weighted by molar-refractivity contribution is -0.120. The molecule has 0 unspecified atom stereocenters. The van der Waals surface area contributed by atoms with Crippen LogP contribution < -0.4 is 10.2 Å². The Kier molecular flexibility index (Phi) is 5.02. The summed E-state index contributed by atoms with van der Waals surface area (Å²) in [5.41, 5.74) is 2.60. The summed E-state index contributed by atoms with van der Waals surface area (Å²) in [5, 5.41) is 2.81. The average molecular weight is 344 g/mol. The quantitative estimate of drug-likeness (QED) is 0.910. The summed E-state index contributed by atoms with van der Waals surface area (Å²) in [6.45, 7) is 4.01. The van der Waals surface area contributed by atoms with Gasteiger partial charge in [-0.3, -0.25) is 4.79 Å². The van der Waals surface area contributed by atoms with Gasteiger partial charge in [-0.25, -0.2) is 8.78 Å². The molecule has 2 atom stereocenters. The maximum absolute atomic E-state index is 13.9. The summed E-state index contributed by atoms with van der Waals surface area (Å²) in [7, 11) is 0. The zero-order valence-corrected chi connectivity index (χ0v) is 14.4. The molecule has 25 heavy (non-hydrogen) atoms. The van der Waals surface area contributed by atoms with Crippen molar-refractivity contribution in [2.24, 2.45) is 0 Å². The molecule has 3 nitrogen and oxygen atoms in total. The number of halogens is 2. The Morgan fingerprint density at radius 2 is 2.04 bits per heavy atom. The summed E-state index contributed by atoms with van der Waals surface area (Å²) >= 11 is 0. The number of para-hydroxylation sites is 1. The van der Waals surface area contributed by atoms with Gasteiger partial charge in [-0.2, -0.15) is 0 Å². The number of carbonyl (C=O) groups excluding carboxylic acids is 1. The molecule has 1 aliphatic rings. The number of amides is 1. The molecular weight excluding hydrogens is 322 g/mol. The minimum absolute atomic E-state index is 0.181. The molecule has 1 N–H and O–H groups in total. The van der Waals surface area contributed by atoms with Gasteiger partial charge in [0.25, 0.3) is 0 Å². The van der Waals surface area contributed by atoms with Gasteiger partial charge in [0.15, 0.2) is 0 Å². The second-order valence-electron chi connectivity index (χ2n) is 6.60. The Bertz CT molecular complexity index is 778. The van der Waals surface area contributed by atoms with E-state index in [0.29, 0.717) is 0 Å². The van der Waals surface area contributed by atoms with Crippen molar-refractivity contribution in [3.8, 4) is 0 Å². The predicted octanol–water partition coefficient (Wildman–Crippen LogP) is 3.98. The molecule has 132 valence electrons. The molecule has 0 spiro atoms. The highest BCUT2D eigenvalue weighted by Crippen LogP contribution is 2.30. The third kappa shape index (κ3) is 3.81. The van der Waals surface area contributed by atoms with Gasteiger partial charge in [0, 0.05) is 23.4 Å². The summed E-state index contributed by atoms with van der Waals surface area (Å²) in [6.07, 6.45) is 2.00. The lowest BCUT2D eigenvalue weighted by atomic mass is 9.96. The van der Waals surface area contributed by atoms with Crippen LogP contribution in [0.15, 0.2) is 42.5 Å². The molecule has 0 saturated heterocycles. The van der Waals surface area contributed by atoms with E-state index >= 15 is 0 Å². The van der Waals surface area contributed by atoms with Gasteiger partial charge in [-0.05, 0) is 44.4 Å². The zero-order valence-electron chi connectivity index (χ0n) is 14.4. The normalized spacial score (nSPS) is 17.8. The Labute approximate surface area is 146 Å². The first-order valence-electron chi connectivity index (χ1n) is 8.54. The van der Waals surface area contributed by atoms with E-state index in [-0.39, 0.29) is 24.1 Å². The van der Waals surface area contributed by atoms with Crippen LogP contribution in [0.2, 0.25) is 0 Å². The van der Waals surface area contributed by atoms with Crippen molar-refractivity contribution in [3.63, 3.8) is 0 Å². The topological polar surface area (TPSA) is 32.3 Å². The number of benzene rings is 2. The number of hydrogen-bond acceptors (Lipinski definition) is 2. The standard InChI is InChI=1S/C20H22F2N2O/c1-13-7-8-15-5-3-4-6-19(15)24(13)12-20(25)23-14(2)17-10-9-16(21)11-18(17)22/h3-6,9-11,13-14H,7-8,12H2,1-2H3,(H,23,25)/t13-,14-/m1/s1. The molecular formula is C20H22F2N2O. The fraction of sp³-hybridized carbons (Fsp3) is 0.350. The molecule has 1 amide bonds. The van der Waals surface area contributed by atoms with Crippen LogP contribution in [-0.2, 0) is 11.2 Å². The van der Waals surface area contributed by atoms with Gasteiger partial charge < -0.3 is 10.2 Å². The minimum atomic E-state index is -0.649. The molecule has 0 saturated carbocycles. The largest absolute Gasteiger partial charge is 0.359 e. The van der Waals surface area contributed by atoms with Crippen molar-refractivity contribution in [2.75, 3.05) is 11.4 Å². The fourth-order valence-corrected chi connectivity index (χ4v) is 3.37. The number of anilines is 1. The first-order chi connectivity index (χ1) is 12.0. The molecule has 1 aliphatic heterocycles. The van der Waals surface area contributed by atoms with E-state index in [1.165, 1.54) is 17.7 Å². The number of fused-ring (bicyclic) bond motifs is 1. The van der Waals surface area contributed by atoms with Crippen molar-refractivity contribution in [1.29, 1.82) is 0 Å². The first kappa shape index (κ1) is 17.4. The molecule has 0 bridgehead atoms. The number of aryl methyl sites for hydroxylation is 1. The highest BCUT2D eigenvalue weighted by Gasteiger charge is 2.25. The molecule has 0 aromatic heterocycles. The maximum Gasteiger partial charge on any atom is 0.240 e. The molecule has 2 aromatic rings.